The first-order chi connectivity index (χ1) is 16.7. The number of hydrogen-bond donors (Lipinski definition) is 0. The van der Waals surface area contributed by atoms with Crippen molar-refractivity contribution < 1.29 is 4.79 Å². The number of fused-ring (bicyclic) bond motifs is 2. The van der Waals surface area contributed by atoms with Gasteiger partial charge in [0.15, 0.2) is 5.65 Å². The van der Waals surface area contributed by atoms with Crippen molar-refractivity contribution in [3.63, 3.8) is 0 Å². The van der Waals surface area contributed by atoms with E-state index in [-0.39, 0.29) is 5.91 Å². The molecular formula is C24H23N9O. The van der Waals surface area contributed by atoms with Crippen molar-refractivity contribution >= 4 is 33.8 Å². The van der Waals surface area contributed by atoms with E-state index in [2.05, 4.69) is 30.3 Å². The van der Waals surface area contributed by atoms with Crippen LogP contribution < -0.4 is 4.90 Å². The van der Waals surface area contributed by atoms with Crippen molar-refractivity contribution in [2.45, 2.75) is 6.54 Å². The molecule has 0 spiro atoms. The Morgan fingerprint density at radius 3 is 2.59 bits per heavy atom. The lowest BCUT2D eigenvalue weighted by Gasteiger charge is -2.35. The first-order valence-electron chi connectivity index (χ1n) is 11.2. The SMILES string of the molecule is Cn1ncc2c(N3CCN(C(=O)c4ccc(Cn5nnc6ccccc65)cc4)CC3)ncnc21. The van der Waals surface area contributed by atoms with Gasteiger partial charge in [-0.1, -0.05) is 29.5 Å². The zero-order chi connectivity index (χ0) is 23.1. The second kappa shape index (κ2) is 8.22. The Hall–Kier alpha value is -4.34. The number of nitrogens with zero attached hydrogens (tertiary/aromatic N) is 9. The Bertz CT molecular complexity index is 1480. The fraction of sp³-hybridized carbons (Fsp3) is 0.250. The topological polar surface area (TPSA) is 97.9 Å². The van der Waals surface area contributed by atoms with Crippen LogP contribution in [0.25, 0.3) is 22.1 Å². The normalized spacial score (nSPS) is 14.3. The Morgan fingerprint density at radius 1 is 0.971 bits per heavy atom. The number of anilines is 1. The molecule has 1 amide bonds. The van der Waals surface area contributed by atoms with Crippen LogP contribution in [0.3, 0.4) is 0 Å². The second-order valence-electron chi connectivity index (χ2n) is 8.41. The van der Waals surface area contributed by atoms with Gasteiger partial charge < -0.3 is 9.80 Å². The molecule has 170 valence electrons. The van der Waals surface area contributed by atoms with Gasteiger partial charge in [0.1, 0.15) is 17.7 Å². The van der Waals surface area contributed by atoms with Gasteiger partial charge in [0, 0.05) is 38.8 Å². The monoisotopic (exact) mass is 453 g/mol. The summed E-state index contributed by atoms with van der Waals surface area (Å²) in [6.07, 6.45) is 3.37. The molecular weight excluding hydrogens is 430 g/mol. The van der Waals surface area contributed by atoms with Crippen molar-refractivity contribution in [1.82, 2.24) is 39.6 Å². The highest BCUT2D eigenvalue weighted by Gasteiger charge is 2.24. The molecule has 4 heterocycles. The van der Waals surface area contributed by atoms with Gasteiger partial charge in [-0.05, 0) is 29.8 Å². The molecule has 34 heavy (non-hydrogen) atoms. The zero-order valence-corrected chi connectivity index (χ0v) is 18.7. The van der Waals surface area contributed by atoms with E-state index in [1.54, 1.807) is 17.2 Å². The molecule has 6 rings (SSSR count). The summed E-state index contributed by atoms with van der Waals surface area (Å²) < 4.78 is 3.62. The zero-order valence-electron chi connectivity index (χ0n) is 18.7. The summed E-state index contributed by atoms with van der Waals surface area (Å²) >= 11 is 0. The van der Waals surface area contributed by atoms with Crippen LogP contribution in [0, 0.1) is 0 Å². The number of aromatic nitrogens is 7. The molecule has 10 nitrogen and oxygen atoms in total. The number of amides is 1. The highest BCUT2D eigenvalue weighted by Crippen LogP contribution is 2.23. The van der Waals surface area contributed by atoms with E-state index in [4.69, 9.17) is 0 Å². The third kappa shape index (κ3) is 3.53. The molecule has 2 aromatic carbocycles. The van der Waals surface area contributed by atoms with E-state index in [0.717, 1.165) is 33.4 Å². The Morgan fingerprint density at radius 2 is 1.76 bits per heavy atom. The molecule has 0 atom stereocenters. The van der Waals surface area contributed by atoms with Crippen LogP contribution in [0.2, 0.25) is 0 Å². The third-order valence-corrected chi connectivity index (χ3v) is 6.33. The van der Waals surface area contributed by atoms with Crippen LogP contribution >= 0.6 is 0 Å². The average molecular weight is 454 g/mol. The summed E-state index contributed by atoms with van der Waals surface area (Å²) in [5, 5.41) is 13.7. The highest BCUT2D eigenvalue weighted by molar-refractivity contribution is 5.94. The minimum absolute atomic E-state index is 0.0478. The number of benzene rings is 2. The average Bonchev–Trinajstić information content (AvgIpc) is 3.48. The maximum Gasteiger partial charge on any atom is 0.253 e. The van der Waals surface area contributed by atoms with Crippen molar-refractivity contribution in [2.24, 2.45) is 7.05 Å². The minimum atomic E-state index is 0.0478. The molecule has 0 aliphatic carbocycles. The Balaban J connectivity index is 1.12. The van der Waals surface area contributed by atoms with Gasteiger partial charge in [-0.3, -0.25) is 9.48 Å². The van der Waals surface area contributed by atoms with E-state index >= 15 is 0 Å². The molecule has 5 aromatic rings. The summed E-state index contributed by atoms with van der Waals surface area (Å²) in [4.78, 5) is 26.0. The smallest absolute Gasteiger partial charge is 0.253 e. The molecule has 0 N–H and O–H groups in total. The van der Waals surface area contributed by atoms with Gasteiger partial charge in [0.05, 0.1) is 23.6 Å². The molecule has 0 unspecified atom stereocenters. The standard InChI is InChI=1S/C24H23N9O/c1-30-22-19(14-27-30)23(26-16-25-22)31-10-12-32(13-11-31)24(34)18-8-6-17(7-9-18)15-33-21-5-3-2-4-20(21)28-29-33/h2-9,14,16H,10-13,15H2,1H3. The fourth-order valence-electron chi connectivity index (χ4n) is 4.47. The lowest BCUT2D eigenvalue weighted by Crippen LogP contribution is -2.49. The van der Waals surface area contributed by atoms with E-state index in [9.17, 15) is 4.79 Å². The summed E-state index contributed by atoms with van der Waals surface area (Å²) in [6.45, 7) is 3.30. The molecule has 1 aliphatic rings. The number of carbonyl (C=O) groups is 1. The van der Waals surface area contributed by atoms with Crippen LogP contribution in [-0.4, -0.2) is 71.7 Å². The maximum atomic E-state index is 13.1. The van der Waals surface area contributed by atoms with Gasteiger partial charge >= 0.3 is 0 Å². The lowest BCUT2D eigenvalue weighted by atomic mass is 10.1. The van der Waals surface area contributed by atoms with E-state index in [1.807, 2.05) is 65.2 Å². The van der Waals surface area contributed by atoms with Crippen molar-refractivity contribution in [3.05, 3.63) is 72.2 Å². The van der Waals surface area contributed by atoms with Gasteiger partial charge in [0.25, 0.3) is 5.91 Å². The predicted molar refractivity (Wildman–Crippen MR) is 127 cm³/mol. The molecule has 0 radical (unpaired) electrons. The van der Waals surface area contributed by atoms with Crippen LogP contribution in [0.5, 0.6) is 0 Å². The quantitative estimate of drug-likeness (QED) is 0.411. The summed E-state index contributed by atoms with van der Waals surface area (Å²) in [6, 6.07) is 15.7. The van der Waals surface area contributed by atoms with E-state index in [1.165, 1.54) is 0 Å². The molecule has 3 aromatic heterocycles. The number of carbonyl (C=O) groups excluding carboxylic acids is 1. The van der Waals surface area contributed by atoms with Gasteiger partial charge in [0.2, 0.25) is 0 Å². The minimum Gasteiger partial charge on any atom is -0.352 e. The largest absolute Gasteiger partial charge is 0.352 e. The summed E-state index contributed by atoms with van der Waals surface area (Å²) in [5.41, 5.74) is 4.44. The van der Waals surface area contributed by atoms with Gasteiger partial charge in [-0.15, -0.1) is 5.10 Å². The van der Waals surface area contributed by atoms with Crippen molar-refractivity contribution in [1.29, 1.82) is 0 Å². The molecule has 1 aliphatic heterocycles. The van der Waals surface area contributed by atoms with Crippen LogP contribution in [0.4, 0.5) is 5.82 Å². The molecule has 1 fully saturated rings. The molecule has 1 saturated heterocycles. The predicted octanol–water partition coefficient (Wildman–Crippen LogP) is 2.12. The number of aryl methyl sites for hydroxylation is 1. The van der Waals surface area contributed by atoms with E-state index in [0.29, 0.717) is 38.3 Å². The van der Waals surface area contributed by atoms with Crippen molar-refractivity contribution in [2.75, 3.05) is 31.1 Å². The van der Waals surface area contributed by atoms with Gasteiger partial charge in [-0.25, -0.2) is 14.6 Å². The second-order valence-corrected chi connectivity index (χ2v) is 8.41. The Labute approximate surface area is 195 Å². The first kappa shape index (κ1) is 20.3. The van der Waals surface area contributed by atoms with Crippen LogP contribution in [0.15, 0.2) is 61.1 Å². The first-order valence-corrected chi connectivity index (χ1v) is 11.2. The highest BCUT2D eigenvalue weighted by atomic mass is 16.2. The number of hydrogen-bond acceptors (Lipinski definition) is 7. The third-order valence-electron chi connectivity index (χ3n) is 6.33. The lowest BCUT2D eigenvalue weighted by molar-refractivity contribution is 0.0746. The van der Waals surface area contributed by atoms with Crippen molar-refractivity contribution in [3.8, 4) is 0 Å². The molecule has 10 heteroatoms. The van der Waals surface area contributed by atoms with Crippen LogP contribution in [0.1, 0.15) is 15.9 Å². The maximum absolute atomic E-state index is 13.1. The number of rotatable bonds is 4. The number of para-hydroxylation sites is 1. The number of piperazine rings is 1. The fourth-order valence-corrected chi connectivity index (χ4v) is 4.47. The van der Waals surface area contributed by atoms with Gasteiger partial charge in [-0.2, -0.15) is 5.10 Å². The van der Waals surface area contributed by atoms with Crippen LogP contribution in [-0.2, 0) is 13.6 Å². The summed E-state index contributed by atoms with van der Waals surface area (Å²) in [5.74, 6) is 0.918. The van der Waals surface area contributed by atoms with E-state index < -0.39 is 0 Å². The molecule has 0 saturated carbocycles. The Kier molecular flexibility index (Phi) is 4.90. The summed E-state index contributed by atoms with van der Waals surface area (Å²) in [7, 11) is 1.87. The molecule has 0 bridgehead atoms.